The van der Waals surface area contributed by atoms with E-state index in [9.17, 15) is 12.8 Å². The van der Waals surface area contributed by atoms with Crippen molar-refractivity contribution in [3.8, 4) is 5.75 Å². The molecule has 0 aromatic heterocycles. The number of ether oxygens (including phenoxy) is 1. The molecule has 0 amide bonds. The molecule has 0 aliphatic heterocycles. The lowest BCUT2D eigenvalue weighted by Crippen LogP contribution is -2.28. The first-order chi connectivity index (χ1) is 10.8. The number of hydrogen-bond acceptors (Lipinski definition) is 3. The van der Waals surface area contributed by atoms with Gasteiger partial charge in [0.15, 0.2) is 0 Å². The van der Waals surface area contributed by atoms with Crippen molar-refractivity contribution in [2.24, 2.45) is 0 Å². The Morgan fingerprint density at radius 2 is 1.87 bits per heavy atom. The lowest BCUT2D eigenvalue weighted by molar-refractivity contribution is 0.323. The Hall–Kier alpha value is -1.63. The van der Waals surface area contributed by atoms with E-state index in [0.29, 0.717) is 16.3 Å². The lowest BCUT2D eigenvalue weighted by Gasteiger charge is -2.11. The first kappa shape index (κ1) is 17.7. The predicted octanol–water partition coefficient (Wildman–Crippen LogP) is 3.45. The molecule has 2 aromatic rings. The fraction of sp³-hybridized carbons (Fsp3) is 0.250. The number of aryl methyl sites for hydroxylation is 2. The quantitative estimate of drug-likeness (QED) is 0.805. The molecule has 0 unspecified atom stereocenters. The third-order valence-corrected chi connectivity index (χ3v) is 5.26. The standard InChI is InChI=1S/C16H17ClFNO3S/c1-11-3-5-14(10-15(11)17)22-8-7-19-23(20,21)16-6-4-13(18)9-12(16)2/h3-6,9-10,19H,7-8H2,1-2H3. The normalized spacial score (nSPS) is 11.5. The van der Waals surface area contributed by atoms with E-state index < -0.39 is 15.8 Å². The van der Waals surface area contributed by atoms with E-state index in [1.54, 1.807) is 19.1 Å². The molecule has 0 spiro atoms. The largest absolute Gasteiger partial charge is 0.492 e. The van der Waals surface area contributed by atoms with E-state index in [-0.39, 0.29) is 18.0 Å². The van der Waals surface area contributed by atoms with Gasteiger partial charge in [-0.2, -0.15) is 0 Å². The topological polar surface area (TPSA) is 55.4 Å². The lowest BCUT2D eigenvalue weighted by atomic mass is 10.2. The van der Waals surface area contributed by atoms with E-state index in [1.807, 2.05) is 13.0 Å². The van der Waals surface area contributed by atoms with Crippen LogP contribution in [0, 0.1) is 19.7 Å². The number of hydrogen-bond donors (Lipinski definition) is 1. The van der Waals surface area contributed by atoms with Gasteiger partial charge < -0.3 is 4.74 Å². The van der Waals surface area contributed by atoms with Crippen molar-refractivity contribution in [1.82, 2.24) is 4.72 Å². The fourth-order valence-electron chi connectivity index (χ4n) is 2.00. The zero-order valence-electron chi connectivity index (χ0n) is 12.8. The molecule has 2 aromatic carbocycles. The van der Waals surface area contributed by atoms with Crippen LogP contribution in [0.15, 0.2) is 41.3 Å². The Morgan fingerprint density at radius 1 is 1.13 bits per heavy atom. The molecule has 4 nitrogen and oxygen atoms in total. The molecule has 23 heavy (non-hydrogen) atoms. The van der Waals surface area contributed by atoms with Crippen molar-refractivity contribution in [3.05, 3.63) is 58.4 Å². The summed E-state index contributed by atoms with van der Waals surface area (Å²) in [6, 6.07) is 8.80. The number of sulfonamides is 1. The van der Waals surface area contributed by atoms with Crippen molar-refractivity contribution < 1.29 is 17.5 Å². The fourth-order valence-corrected chi connectivity index (χ4v) is 3.41. The smallest absolute Gasteiger partial charge is 0.240 e. The van der Waals surface area contributed by atoms with Crippen LogP contribution in [0.5, 0.6) is 5.75 Å². The highest BCUT2D eigenvalue weighted by atomic mass is 35.5. The summed E-state index contributed by atoms with van der Waals surface area (Å²) in [6.07, 6.45) is 0. The average molecular weight is 358 g/mol. The van der Waals surface area contributed by atoms with Gasteiger partial charge in [0.25, 0.3) is 0 Å². The highest BCUT2D eigenvalue weighted by molar-refractivity contribution is 7.89. The molecule has 1 N–H and O–H groups in total. The number of halogens is 2. The minimum atomic E-state index is -3.70. The molecule has 0 saturated heterocycles. The SMILES string of the molecule is Cc1ccc(OCCNS(=O)(=O)c2ccc(F)cc2C)cc1Cl. The van der Waals surface area contributed by atoms with Crippen LogP contribution in [-0.2, 0) is 10.0 Å². The molecular weight excluding hydrogens is 341 g/mol. The molecule has 0 atom stereocenters. The minimum absolute atomic E-state index is 0.0530. The predicted molar refractivity (Wildman–Crippen MR) is 88.0 cm³/mol. The van der Waals surface area contributed by atoms with Crippen LogP contribution in [-0.4, -0.2) is 21.6 Å². The van der Waals surface area contributed by atoms with E-state index in [0.717, 1.165) is 11.6 Å². The van der Waals surface area contributed by atoms with Gasteiger partial charge in [0, 0.05) is 11.6 Å². The first-order valence-electron chi connectivity index (χ1n) is 6.94. The highest BCUT2D eigenvalue weighted by Crippen LogP contribution is 2.21. The number of benzene rings is 2. The average Bonchev–Trinajstić information content (AvgIpc) is 2.47. The summed E-state index contributed by atoms with van der Waals surface area (Å²) < 4.78 is 45.2. The first-order valence-corrected chi connectivity index (χ1v) is 8.80. The van der Waals surface area contributed by atoms with Crippen molar-refractivity contribution >= 4 is 21.6 Å². The van der Waals surface area contributed by atoms with E-state index >= 15 is 0 Å². The summed E-state index contributed by atoms with van der Waals surface area (Å²) in [5.74, 6) is 0.0961. The summed E-state index contributed by atoms with van der Waals surface area (Å²) in [7, 11) is -3.70. The number of rotatable bonds is 6. The molecule has 0 aliphatic carbocycles. The second-order valence-corrected chi connectivity index (χ2v) is 7.21. The van der Waals surface area contributed by atoms with Crippen molar-refractivity contribution in [3.63, 3.8) is 0 Å². The molecule has 7 heteroatoms. The summed E-state index contributed by atoms with van der Waals surface area (Å²) in [5, 5.41) is 0.588. The summed E-state index contributed by atoms with van der Waals surface area (Å²) >= 11 is 5.99. The van der Waals surface area contributed by atoms with Gasteiger partial charge in [-0.25, -0.2) is 17.5 Å². The molecule has 124 valence electrons. The van der Waals surface area contributed by atoms with Crippen LogP contribution in [0.3, 0.4) is 0 Å². The second kappa shape index (κ2) is 7.29. The molecule has 0 radical (unpaired) electrons. The van der Waals surface area contributed by atoms with Crippen LogP contribution in [0.1, 0.15) is 11.1 Å². The van der Waals surface area contributed by atoms with Crippen LogP contribution >= 0.6 is 11.6 Å². The van der Waals surface area contributed by atoms with Gasteiger partial charge >= 0.3 is 0 Å². The van der Waals surface area contributed by atoms with E-state index in [2.05, 4.69) is 4.72 Å². The maximum Gasteiger partial charge on any atom is 0.240 e. The third-order valence-electron chi connectivity index (χ3n) is 3.23. The maximum absolute atomic E-state index is 13.0. The van der Waals surface area contributed by atoms with E-state index in [1.165, 1.54) is 12.1 Å². The Morgan fingerprint density at radius 3 is 2.52 bits per heavy atom. The van der Waals surface area contributed by atoms with Gasteiger partial charge in [-0.15, -0.1) is 0 Å². The zero-order valence-corrected chi connectivity index (χ0v) is 14.3. The van der Waals surface area contributed by atoms with Crippen LogP contribution < -0.4 is 9.46 Å². The van der Waals surface area contributed by atoms with Gasteiger partial charge in [0.1, 0.15) is 18.2 Å². The van der Waals surface area contributed by atoms with Crippen LogP contribution in [0.4, 0.5) is 4.39 Å². The molecule has 2 rings (SSSR count). The van der Waals surface area contributed by atoms with Crippen molar-refractivity contribution in [1.29, 1.82) is 0 Å². The summed E-state index contributed by atoms with van der Waals surface area (Å²) in [4.78, 5) is 0.0530. The molecule has 0 saturated carbocycles. The van der Waals surface area contributed by atoms with Gasteiger partial charge in [0.2, 0.25) is 10.0 Å². The minimum Gasteiger partial charge on any atom is -0.492 e. The van der Waals surface area contributed by atoms with Crippen LogP contribution in [0.2, 0.25) is 5.02 Å². The van der Waals surface area contributed by atoms with Crippen molar-refractivity contribution in [2.45, 2.75) is 18.7 Å². The van der Waals surface area contributed by atoms with Crippen LogP contribution in [0.25, 0.3) is 0 Å². The summed E-state index contributed by atoms with van der Waals surface area (Å²) in [5.41, 5.74) is 1.29. The Labute approximate surface area is 140 Å². The third kappa shape index (κ3) is 4.67. The van der Waals surface area contributed by atoms with Gasteiger partial charge in [0.05, 0.1) is 4.90 Å². The number of nitrogens with one attached hydrogen (secondary N) is 1. The molecule has 0 heterocycles. The zero-order chi connectivity index (χ0) is 17.0. The van der Waals surface area contributed by atoms with Crippen molar-refractivity contribution in [2.75, 3.05) is 13.2 Å². The maximum atomic E-state index is 13.0. The second-order valence-electron chi connectivity index (χ2n) is 5.07. The molecule has 0 bridgehead atoms. The Bertz CT molecular complexity index is 809. The van der Waals surface area contributed by atoms with Gasteiger partial charge in [-0.05, 0) is 55.3 Å². The monoisotopic (exact) mass is 357 g/mol. The molecule has 0 aliphatic rings. The molecular formula is C16H17ClFNO3S. The van der Waals surface area contributed by atoms with Gasteiger partial charge in [-0.3, -0.25) is 0 Å². The molecule has 0 fully saturated rings. The Kier molecular flexibility index (Phi) is 5.62. The Balaban J connectivity index is 1.93. The van der Waals surface area contributed by atoms with Gasteiger partial charge in [-0.1, -0.05) is 17.7 Å². The highest BCUT2D eigenvalue weighted by Gasteiger charge is 2.16. The van der Waals surface area contributed by atoms with E-state index in [4.69, 9.17) is 16.3 Å². The summed E-state index contributed by atoms with van der Waals surface area (Å²) in [6.45, 7) is 3.66.